The number of guanidine groups is 1. The number of rotatable bonds is 8. The van der Waals surface area contributed by atoms with Crippen LogP contribution in [0.25, 0.3) is 10.1 Å². The molecule has 0 aliphatic carbocycles. The molecule has 3 rings (SSSR count). The van der Waals surface area contributed by atoms with Gasteiger partial charge in [-0.25, -0.2) is 0 Å². The molecular weight excluding hydrogens is 519 g/mol. The van der Waals surface area contributed by atoms with Crippen LogP contribution >= 0.6 is 35.3 Å². The van der Waals surface area contributed by atoms with E-state index >= 15 is 0 Å². The molecule has 0 radical (unpaired) electrons. The summed E-state index contributed by atoms with van der Waals surface area (Å²) in [7, 11) is 3.89. The van der Waals surface area contributed by atoms with E-state index < -0.39 is 6.10 Å². The van der Waals surface area contributed by atoms with Crippen molar-refractivity contribution in [2.45, 2.75) is 39.1 Å². The van der Waals surface area contributed by atoms with Crippen molar-refractivity contribution in [3.05, 3.63) is 70.6 Å². The largest absolute Gasteiger partial charge is 0.386 e. The summed E-state index contributed by atoms with van der Waals surface area (Å²) >= 11 is 1.63. The summed E-state index contributed by atoms with van der Waals surface area (Å²) in [5.74, 6) is 0.683. The molecule has 0 saturated heterocycles. The molecule has 7 heteroatoms. The molecule has 5 nitrogen and oxygen atoms in total. The van der Waals surface area contributed by atoms with E-state index in [-0.39, 0.29) is 24.0 Å². The lowest BCUT2D eigenvalue weighted by atomic mass is 10.1. The summed E-state index contributed by atoms with van der Waals surface area (Å²) < 4.78 is 1.19. The van der Waals surface area contributed by atoms with E-state index in [0.717, 1.165) is 11.4 Å². The van der Waals surface area contributed by atoms with Gasteiger partial charge in [-0.05, 0) is 49.5 Å². The number of nitrogens with one attached hydrogen (secondary N) is 2. The van der Waals surface area contributed by atoms with Gasteiger partial charge in [0.2, 0.25) is 0 Å². The Hall–Kier alpha value is -1.68. The summed E-state index contributed by atoms with van der Waals surface area (Å²) in [6, 6.07) is 19.2. The fraction of sp³-hybridized carbons (Fsp3) is 0.375. The monoisotopic (exact) mass is 552 g/mol. The smallest absolute Gasteiger partial charge is 0.191 e. The quantitative estimate of drug-likeness (QED) is 0.214. The van der Waals surface area contributed by atoms with Gasteiger partial charge in [-0.2, -0.15) is 0 Å². The van der Waals surface area contributed by atoms with E-state index in [2.05, 4.69) is 83.9 Å². The van der Waals surface area contributed by atoms with E-state index in [1.807, 2.05) is 12.1 Å². The molecule has 0 saturated carbocycles. The van der Waals surface area contributed by atoms with Gasteiger partial charge in [-0.15, -0.1) is 35.3 Å². The van der Waals surface area contributed by atoms with Gasteiger partial charge in [0.1, 0.15) is 6.10 Å². The van der Waals surface area contributed by atoms with Crippen LogP contribution in [0.1, 0.15) is 36.0 Å². The lowest BCUT2D eigenvalue weighted by Gasteiger charge is -2.23. The average Bonchev–Trinajstić information content (AvgIpc) is 3.19. The number of halogens is 1. The highest BCUT2D eigenvalue weighted by atomic mass is 127. The highest BCUT2D eigenvalue weighted by molar-refractivity contribution is 14.0. The van der Waals surface area contributed by atoms with Crippen LogP contribution < -0.4 is 10.6 Å². The lowest BCUT2D eigenvalue weighted by molar-refractivity contribution is 0.184. The zero-order valence-electron chi connectivity index (χ0n) is 18.6. The minimum atomic E-state index is -0.576. The molecule has 1 atom stereocenters. The third-order valence-corrected chi connectivity index (χ3v) is 6.54. The SMILES string of the molecule is CN=C(NCc1ccccc1CN(C)C(C)C)NCC(O)c1cc2ccccc2s1.I. The highest BCUT2D eigenvalue weighted by Gasteiger charge is 2.13. The third kappa shape index (κ3) is 7.17. The number of aliphatic hydroxyl groups excluding tert-OH is 1. The molecule has 0 spiro atoms. The Labute approximate surface area is 206 Å². The van der Waals surface area contributed by atoms with E-state index in [4.69, 9.17) is 0 Å². The number of hydrogen-bond donors (Lipinski definition) is 3. The van der Waals surface area contributed by atoms with Gasteiger partial charge in [-0.1, -0.05) is 42.5 Å². The number of fused-ring (bicyclic) bond motifs is 1. The highest BCUT2D eigenvalue weighted by Crippen LogP contribution is 2.29. The van der Waals surface area contributed by atoms with Crippen molar-refractivity contribution in [1.29, 1.82) is 0 Å². The predicted molar refractivity (Wildman–Crippen MR) is 143 cm³/mol. The maximum absolute atomic E-state index is 10.6. The first-order chi connectivity index (χ1) is 14.5. The summed E-state index contributed by atoms with van der Waals surface area (Å²) in [5, 5.41) is 18.4. The van der Waals surface area contributed by atoms with Gasteiger partial charge in [0.15, 0.2) is 5.96 Å². The van der Waals surface area contributed by atoms with Gasteiger partial charge in [-0.3, -0.25) is 9.89 Å². The minimum absolute atomic E-state index is 0. The van der Waals surface area contributed by atoms with Crippen molar-refractivity contribution in [3.63, 3.8) is 0 Å². The standard InChI is InChI=1S/C24H32N4OS.HI/c1-17(2)28(4)16-20-11-6-5-10-19(20)14-26-24(25-3)27-15-21(29)23-13-18-9-7-8-12-22(18)30-23;/h5-13,17,21,29H,14-16H2,1-4H3,(H2,25,26,27);1H. The summed E-state index contributed by atoms with van der Waals surface area (Å²) in [4.78, 5) is 7.59. The van der Waals surface area contributed by atoms with Crippen LogP contribution in [0, 0.1) is 0 Å². The minimum Gasteiger partial charge on any atom is -0.386 e. The van der Waals surface area contributed by atoms with Crippen molar-refractivity contribution in [3.8, 4) is 0 Å². The fourth-order valence-corrected chi connectivity index (χ4v) is 4.25. The van der Waals surface area contributed by atoms with E-state index in [0.29, 0.717) is 25.1 Å². The third-order valence-electron chi connectivity index (χ3n) is 5.33. The normalized spacial score (nSPS) is 12.8. The molecule has 168 valence electrons. The number of benzene rings is 2. The summed E-state index contributed by atoms with van der Waals surface area (Å²) in [6.07, 6.45) is -0.576. The van der Waals surface area contributed by atoms with Crippen molar-refractivity contribution in [2.75, 3.05) is 20.6 Å². The summed E-state index contributed by atoms with van der Waals surface area (Å²) in [5.41, 5.74) is 2.56. The average molecular weight is 553 g/mol. The molecule has 0 fully saturated rings. The van der Waals surface area contributed by atoms with Crippen molar-refractivity contribution in [1.82, 2.24) is 15.5 Å². The van der Waals surface area contributed by atoms with Crippen molar-refractivity contribution < 1.29 is 5.11 Å². The van der Waals surface area contributed by atoms with Gasteiger partial charge in [0, 0.05) is 42.3 Å². The molecule has 3 aromatic rings. The van der Waals surface area contributed by atoms with Gasteiger partial charge < -0.3 is 15.7 Å². The van der Waals surface area contributed by atoms with Crippen LogP contribution in [0.3, 0.4) is 0 Å². The Balaban J connectivity index is 0.00000341. The molecule has 1 unspecified atom stereocenters. The maximum Gasteiger partial charge on any atom is 0.191 e. The van der Waals surface area contributed by atoms with Gasteiger partial charge in [0.25, 0.3) is 0 Å². The number of hydrogen-bond acceptors (Lipinski definition) is 4. The maximum atomic E-state index is 10.6. The fourth-order valence-electron chi connectivity index (χ4n) is 3.20. The Morgan fingerprint density at radius 1 is 1.06 bits per heavy atom. The zero-order chi connectivity index (χ0) is 21.5. The molecular formula is C24H33IN4OS. The Kier molecular flexibility index (Phi) is 10.2. The van der Waals surface area contributed by atoms with Gasteiger partial charge in [0.05, 0.1) is 0 Å². The molecule has 0 aliphatic heterocycles. The van der Waals surface area contributed by atoms with Gasteiger partial charge >= 0.3 is 0 Å². The van der Waals surface area contributed by atoms with Crippen LogP contribution in [0.2, 0.25) is 0 Å². The number of aliphatic hydroxyl groups is 1. The topological polar surface area (TPSA) is 59.9 Å². The first kappa shape index (κ1) is 25.6. The molecule has 1 aromatic heterocycles. The molecule has 1 heterocycles. The zero-order valence-corrected chi connectivity index (χ0v) is 21.8. The predicted octanol–water partition coefficient (Wildman–Crippen LogP) is 4.76. The second kappa shape index (κ2) is 12.4. The van der Waals surface area contributed by atoms with Crippen LogP contribution in [0.5, 0.6) is 0 Å². The van der Waals surface area contributed by atoms with Crippen LogP contribution in [0.4, 0.5) is 0 Å². The van der Waals surface area contributed by atoms with E-state index in [1.54, 1.807) is 18.4 Å². The summed E-state index contributed by atoms with van der Waals surface area (Å²) in [6.45, 7) is 6.40. The van der Waals surface area contributed by atoms with Crippen molar-refractivity contribution >= 4 is 51.4 Å². The molecule has 31 heavy (non-hydrogen) atoms. The van der Waals surface area contributed by atoms with E-state index in [1.165, 1.54) is 21.2 Å². The van der Waals surface area contributed by atoms with Crippen LogP contribution in [-0.4, -0.2) is 42.6 Å². The lowest BCUT2D eigenvalue weighted by Crippen LogP contribution is -2.39. The van der Waals surface area contributed by atoms with Crippen molar-refractivity contribution in [2.24, 2.45) is 4.99 Å². The Morgan fingerprint density at radius 2 is 1.74 bits per heavy atom. The second-order valence-corrected chi connectivity index (χ2v) is 8.90. The first-order valence-electron chi connectivity index (χ1n) is 10.4. The molecule has 3 N–H and O–H groups in total. The first-order valence-corrected chi connectivity index (χ1v) is 11.2. The van der Waals surface area contributed by atoms with Crippen LogP contribution in [-0.2, 0) is 13.1 Å². The number of nitrogens with zero attached hydrogens (tertiary/aromatic N) is 2. The Bertz CT molecular complexity index is 955. The molecule has 2 aromatic carbocycles. The molecule has 0 amide bonds. The Morgan fingerprint density at radius 3 is 2.42 bits per heavy atom. The van der Waals surface area contributed by atoms with E-state index in [9.17, 15) is 5.11 Å². The number of thiophene rings is 1. The number of aliphatic imine (C=N–C) groups is 1. The molecule has 0 bridgehead atoms. The second-order valence-electron chi connectivity index (χ2n) is 7.79. The van der Waals surface area contributed by atoms with Crippen LogP contribution in [0.15, 0.2) is 59.6 Å². The molecule has 0 aliphatic rings.